The molecule has 1 saturated heterocycles. The SMILES string of the molecule is COc1cc(CN2CCN(C(=O)c3ccsc3)CC2)cc(OC)c1OC.Cl. The van der Waals surface area contributed by atoms with E-state index in [9.17, 15) is 4.79 Å². The van der Waals surface area contributed by atoms with Gasteiger partial charge in [-0.3, -0.25) is 9.69 Å². The van der Waals surface area contributed by atoms with Crippen molar-refractivity contribution in [2.75, 3.05) is 47.5 Å². The lowest BCUT2D eigenvalue weighted by molar-refractivity contribution is 0.0629. The summed E-state index contributed by atoms with van der Waals surface area (Å²) >= 11 is 1.55. The normalized spacial score (nSPS) is 14.4. The molecular weight excluding hydrogens is 388 g/mol. The van der Waals surface area contributed by atoms with Crippen LogP contribution in [0.4, 0.5) is 0 Å². The number of rotatable bonds is 6. The molecule has 0 unspecified atom stereocenters. The largest absolute Gasteiger partial charge is 0.493 e. The first-order chi connectivity index (χ1) is 12.7. The number of halogens is 1. The summed E-state index contributed by atoms with van der Waals surface area (Å²) in [7, 11) is 4.84. The molecular formula is C19H25ClN2O4S. The van der Waals surface area contributed by atoms with Crippen molar-refractivity contribution < 1.29 is 19.0 Å². The Kier molecular flexibility index (Phi) is 7.77. The van der Waals surface area contributed by atoms with Crippen molar-refractivity contribution in [1.29, 1.82) is 0 Å². The number of hydrogen-bond acceptors (Lipinski definition) is 6. The summed E-state index contributed by atoms with van der Waals surface area (Å²) in [4.78, 5) is 16.7. The van der Waals surface area contributed by atoms with Crippen LogP contribution >= 0.6 is 23.7 Å². The topological polar surface area (TPSA) is 51.2 Å². The number of piperazine rings is 1. The molecule has 1 aromatic heterocycles. The molecule has 148 valence electrons. The molecule has 1 amide bonds. The first-order valence-electron chi connectivity index (χ1n) is 8.49. The summed E-state index contributed by atoms with van der Waals surface area (Å²) in [6, 6.07) is 5.84. The van der Waals surface area contributed by atoms with Gasteiger partial charge in [-0.15, -0.1) is 12.4 Å². The monoisotopic (exact) mass is 412 g/mol. The number of amides is 1. The number of benzene rings is 1. The Morgan fingerprint density at radius 3 is 2.15 bits per heavy atom. The Balaban J connectivity index is 0.00000261. The number of methoxy groups -OCH3 is 3. The minimum Gasteiger partial charge on any atom is -0.493 e. The molecule has 1 aliphatic heterocycles. The second-order valence-corrected chi connectivity index (χ2v) is 6.89. The Morgan fingerprint density at radius 1 is 1.04 bits per heavy atom. The number of carbonyl (C=O) groups is 1. The minimum atomic E-state index is 0. The molecule has 0 radical (unpaired) electrons. The van der Waals surface area contributed by atoms with Crippen LogP contribution in [0, 0.1) is 0 Å². The van der Waals surface area contributed by atoms with Crippen molar-refractivity contribution in [1.82, 2.24) is 9.80 Å². The molecule has 1 aliphatic rings. The predicted molar refractivity (Wildman–Crippen MR) is 109 cm³/mol. The van der Waals surface area contributed by atoms with Gasteiger partial charge in [0.25, 0.3) is 5.91 Å². The van der Waals surface area contributed by atoms with Gasteiger partial charge in [-0.2, -0.15) is 11.3 Å². The molecule has 6 nitrogen and oxygen atoms in total. The molecule has 2 heterocycles. The van der Waals surface area contributed by atoms with E-state index in [1.807, 2.05) is 33.9 Å². The standard InChI is InChI=1S/C19H24N2O4S.ClH/c1-23-16-10-14(11-17(24-2)18(16)25-3)12-20-5-7-21(8-6-20)19(22)15-4-9-26-13-15;/h4,9-11,13H,5-8,12H2,1-3H3;1H. The predicted octanol–water partition coefficient (Wildman–Crippen LogP) is 3.15. The maximum Gasteiger partial charge on any atom is 0.254 e. The van der Waals surface area contributed by atoms with Crippen LogP contribution in [0.5, 0.6) is 17.2 Å². The molecule has 1 aromatic carbocycles. The molecule has 0 saturated carbocycles. The van der Waals surface area contributed by atoms with E-state index in [0.717, 1.165) is 43.9 Å². The van der Waals surface area contributed by atoms with Crippen LogP contribution < -0.4 is 14.2 Å². The summed E-state index contributed by atoms with van der Waals surface area (Å²) in [5.74, 6) is 2.05. The Bertz CT molecular complexity index is 721. The second-order valence-electron chi connectivity index (χ2n) is 6.11. The van der Waals surface area contributed by atoms with Gasteiger partial charge in [0.15, 0.2) is 11.5 Å². The van der Waals surface area contributed by atoms with Gasteiger partial charge < -0.3 is 19.1 Å². The zero-order chi connectivity index (χ0) is 18.5. The minimum absolute atomic E-state index is 0. The quantitative estimate of drug-likeness (QED) is 0.729. The number of carbonyl (C=O) groups excluding carboxylic acids is 1. The fourth-order valence-corrected chi connectivity index (χ4v) is 3.79. The maximum atomic E-state index is 12.4. The summed E-state index contributed by atoms with van der Waals surface area (Å²) < 4.78 is 16.2. The number of ether oxygens (including phenoxy) is 3. The van der Waals surface area contributed by atoms with Gasteiger partial charge in [-0.05, 0) is 29.1 Å². The van der Waals surface area contributed by atoms with E-state index in [4.69, 9.17) is 14.2 Å². The Hall–Kier alpha value is -1.96. The highest BCUT2D eigenvalue weighted by Crippen LogP contribution is 2.38. The molecule has 27 heavy (non-hydrogen) atoms. The Morgan fingerprint density at radius 2 is 1.67 bits per heavy atom. The highest BCUT2D eigenvalue weighted by molar-refractivity contribution is 7.08. The third-order valence-corrected chi connectivity index (χ3v) is 5.24. The second kappa shape index (κ2) is 9.82. The molecule has 0 atom stereocenters. The molecule has 8 heteroatoms. The molecule has 3 rings (SSSR count). The van der Waals surface area contributed by atoms with E-state index >= 15 is 0 Å². The van der Waals surface area contributed by atoms with Crippen molar-refractivity contribution in [3.8, 4) is 17.2 Å². The highest BCUT2D eigenvalue weighted by atomic mass is 35.5. The van der Waals surface area contributed by atoms with E-state index in [2.05, 4.69) is 4.90 Å². The summed E-state index contributed by atoms with van der Waals surface area (Å²) in [6.45, 7) is 3.93. The van der Waals surface area contributed by atoms with Crippen LogP contribution in [0.25, 0.3) is 0 Å². The third-order valence-electron chi connectivity index (χ3n) is 4.56. The summed E-state index contributed by atoms with van der Waals surface area (Å²) in [5, 5.41) is 3.85. The molecule has 0 N–H and O–H groups in total. The van der Waals surface area contributed by atoms with Gasteiger partial charge in [0.1, 0.15) is 0 Å². The zero-order valence-corrected chi connectivity index (χ0v) is 17.4. The van der Waals surface area contributed by atoms with Crippen molar-refractivity contribution in [2.45, 2.75) is 6.54 Å². The summed E-state index contributed by atoms with van der Waals surface area (Å²) in [6.07, 6.45) is 0. The summed E-state index contributed by atoms with van der Waals surface area (Å²) in [5.41, 5.74) is 1.88. The van der Waals surface area contributed by atoms with Gasteiger partial charge >= 0.3 is 0 Å². The van der Waals surface area contributed by atoms with E-state index < -0.39 is 0 Å². The van der Waals surface area contributed by atoms with Crippen LogP contribution in [0.3, 0.4) is 0 Å². The molecule has 0 spiro atoms. The van der Waals surface area contributed by atoms with E-state index in [-0.39, 0.29) is 18.3 Å². The average molecular weight is 413 g/mol. The fraction of sp³-hybridized carbons (Fsp3) is 0.421. The molecule has 2 aromatic rings. The molecule has 0 bridgehead atoms. The first-order valence-corrected chi connectivity index (χ1v) is 9.43. The van der Waals surface area contributed by atoms with Crippen LogP contribution in [-0.2, 0) is 6.54 Å². The van der Waals surface area contributed by atoms with Crippen molar-refractivity contribution >= 4 is 29.7 Å². The van der Waals surface area contributed by atoms with E-state index in [1.54, 1.807) is 32.7 Å². The van der Waals surface area contributed by atoms with Crippen LogP contribution in [0.15, 0.2) is 29.0 Å². The van der Waals surface area contributed by atoms with Crippen LogP contribution in [-0.4, -0.2) is 63.2 Å². The lowest BCUT2D eigenvalue weighted by Gasteiger charge is -2.34. The number of hydrogen-bond donors (Lipinski definition) is 0. The van der Waals surface area contributed by atoms with Crippen LogP contribution in [0.1, 0.15) is 15.9 Å². The first kappa shape index (κ1) is 21.3. The third kappa shape index (κ3) is 4.86. The number of thiophene rings is 1. The van der Waals surface area contributed by atoms with Gasteiger partial charge in [0.2, 0.25) is 5.75 Å². The van der Waals surface area contributed by atoms with Crippen molar-refractivity contribution in [2.24, 2.45) is 0 Å². The smallest absolute Gasteiger partial charge is 0.254 e. The van der Waals surface area contributed by atoms with Crippen molar-refractivity contribution in [3.05, 3.63) is 40.1 Å². The fourth-order valence-electron chi connectivity index (χ4n) is 3.16. The van der Waals surface area contributed by atoms with E-state index in [1.165, 1.54) is 0 Å². The highest BCUT2D eigenvalue weighted by Gasteiger charge is 2.23. The van der Waals surface area contributed by atoms with Crippen molar-refractivity contribution in [3.63, 3.8) is 0 Å². The molecule has 0 aliphatic carbocycles. The van der Waals surface area contributed by atoms with Gasteiger partial charge in [-0.1, -0.05) is 0 Å². The van der Waals surface area contributed by atoms with Gasteiger partial charge in [-0.25, -0.2) is 0 Å². The van der Waals surface area contributed by atoms with Gasteiger partial charge in [0.05, 0.1) is 26.9 Å². The lowest BCUT2D eigenvalue weighted by atomic mass is 10.1. The van der Waals surface area contributed by atoms with E-state index in [0.29, 0.717) is 17.2 Å². The number of nitrogens with zero attached hydrogens (tertiary/aromatic N) is 2. The average Bonchev–Trinajstić information content (AvgIpc) is 3.22. The lowest BCUT2D eigenvalue weighted by Crippen LogP contribution is -2.48. The molecule has 1 fully saturated rings. The Labute approximate surface area is 170 Å². The van der Waals surface area contributed by atoms with Crippen LogP contribution in [0.2, 0.25) is 0 Å². The zero-order valence-electron chi connectivity index (χ0n) is 15.8. The maximum absolute atomic E-state index is 12.4. The van der Waals surface area contributed by atoms with Gasteiger partial charge in [0, 0.05) is 38.1 Å².